The molecule has 1 rings (SSSR count). The maximum absolute atomic E-state index is 12.7. The van der Waals surface area contributed by atoms with Crippen LogP contribution in [0.15, 0.2) is 6.07 Å². The number of rotatable bonds is 2. The van der Waals surface area contributed by atoms with Crippen LogP contribution in [0.4, 0.5) is 13.2 Å². The number of hydrogen-bond donors (Lipinski definition) is 1. The monoisotopic (exact) mass is 211 g/mol. The van der Waals surface area contributed by atoms with Crippen LogP contribution in [0.1, 0.15) is 17.7 Å². The number of halogens is 4. The fraction of sp³-hybridized carbons (Fsp3) is 0.286. The van der Waals surface area contributed by atoms with E-state index < -0.39 is 23.7 Å². The minimum absolute atomic E-state index is 0.149. The van der Waals surface area contributed by atoms with Crippen LogP contribution in [-0.4, -0.2) is 10.1 Å². The molecule has 0 aliphatic rings. The SMILES string of the molecule is Oc1cc(C(F)F)c(F)nc1CCl. The summed E-state index contributed by atoms with van der Waals surface area (Å²) < 4.78 is 36.7. The second-order valence-electron chi connectivity index (χ2n) is 2.27. The van der Waals surface area contributed by atoms with E-state index in [0.29, 0.717) is 6.07 Å². The molecule has 0 spiro atoms. The van der Waals surface area contributed by atoms with Crippen molar-refractivity contribution in [3.8, 4) is 5.75 Å². The molecule has 1 aromatic heterocycles. The third-order valence-corrected chi connectivity index (χ3v) is 1.67. The Bertz CT molecular complexity index is 319. The highest BCUT2D eigenvalue weighted by molar-refractivity contribution is 6.17. The molecule has 0 aliphatic carbocycles. The Morgan fingerprint density at radius 1 is 1.54 bits per heavy atom. The number of pyridine rings is 1. The summed E-state index contributed by atoms with van der Waals surface area (Å²) in [6.45, 7) is 0. The summed E-state index contributed by atoms with van der Waals surface area (Å²) in [5.41, 5.74) is -1.07. The first-order valence-corrected chi connectivity index (χ1v) is 3.82. The average Bonchev–Trinajstić information content (AvgIpc) is 2.07. The highest BCUT2D eigenvalue weighted by Gasteiger charge is 2.17. The topological polar surface area (TPSA) is 33.1 Å². The number of hydrogen-bond acceptors (Lipinski definition) is 2. The second kappa shape index (κ2) is 3.83. The van der Waals surface area contributed by atoms with Crippen molar-refractivity contribution in [2.75, 3.05) is 0 Å². The van der Waals surface area contributed by atoms with Gasteiger partial charge < -0.3 is 5.11 Å². The molecule has 0 aliphatic heterocycles. The maximum atomic E-state index is 12.7. The summed E-state index contributed by atoms with van der Waals surface area (Å²) in [7, 11) is 0. The molecule has 0 aromatic carbocycles. The lowest BCUT2D eigenvalue weighted by Gasteiger charge is -2.04. The maximum Gasteiger partial charge on any atom is 0.268 e. The normalized spacial score (nSPS) is 10.8. The van der Waals surface area contributed by atoms with Crippen LogP contribution in [-0.2, 0) is 5.88 Å². The Morgan fingerprint density at radius 3 is 2.62 bits per heavy atom. The van der Waals surface area contributed by atoms with Gasteiger partial charge >= 0.3 is 0 Å². The molecular weight excluding hydrogens is 207 g/mol. The summed E-state index contributed by atoms with van der Waals surface area (Å²) >= 11 is 5.26. The molecule has 1 heterocycles. The van der Waals surface area contributed by atoms with Crippen molar-refractivity contribution in [2.24, 2.45) is 0 Å². The Kier molecular flexibility index (Phi) is 2.98. The van der Waals surface area contributed by atoms with Crippen molar-refractivity contribution in [3.05, 3.63) is 23.3 Å². The van der Waals surface area contributed by atoms with Crippen molar-refractivity contribution < 1.29 is 18.3 Å². The lowest BCUT2D eigenvalue weighted by molar-refractivity contribution is 0.144. The summed E-state index contributed by atoms with van der Waals surface area (Å²) in [5, 5.41) is 9.02. The highest BCUT2D eigenvalue weighted by Crippen LogP contribution is 2.27. The first-order valence-electron chi connectivity index (χ1n) is 3.28. The molecule has 0 amide bonds. The van der Waals surface area contributed by atoms with Crippen molar-refractivity contribution in [2.45, 2.75) is 12.3 Å². The Morgan fingerprint density at radius 2 is 2.15 bits per heavy atom. The van der Waals surface area contributed by atoms with Gasteiger partial charge in [-0.3, -0.25) is 0 Å². The van der Waals surface area contributed by atoms with E-state index in [4.69, 9.17) is 16.7 Å². The van der Waals surface area contributed by atoms with Crippen molar-refractivity contribution in [1.29, 1.82) is 0 Å². The smallest absolute Gasteiger partial charge is 0.268 e. The van der Waals surface area contributed by atoms with Crippen LogP contribution < -0.4 is 0 Å². The van der Waals surface area contributed by atoms with Crippen molar-refractivity contribution in [1.82, 2.24) is 4.98 Å². The van der Waals surface area contributed by atoms with Gasteiger partial charge in [-0.1, -0.05) is 0 Å². The van der Waals surface area contributed by atoms with Crippen molar-refractivity contribution in [3.63, 3.8) is 0 Å². The molecule has 0 fully saturated rings. The van der Waals surface area contributed by atoms with Gasteiger partial charge in [0.2, 0.25) is 5.95 Å². The molecule has 1 aromatic rings. The molecule has 0 bridgehead atoms. The summed E-state index contributed by atoms with van der Waals surface area (Å²) in [4.78, 5) is 3.08. The Balaban J connectivity index is 3.20. The lowest BCUT2D eigenvalue weighted by Crippen LogP contribution is -1.98. The zero-order valence-electron chi connectivity index (χ0n) is 6.27. The van der Waals surface area contributed by atoms with Gasteiger partial charge in [-0.05, 0) is 6.07 Å². The van der Waals surface area contributed by atoms with E-state index in [1.165, 1.54) is 0 Å². The quantitative estimate of drug-likeness (QED) is 0.603. The molecule has 6 heteroatoms. The second-order valence-corrected chi connectivity index (χ2v) is 2.54. The minimum atomic E-state index is -3.00. The van der Waals surface area contributed by atoms with E-state index in [2.05, 4.69) is 4.98 Å². The van der Waals surface area contributed by atoms with Gasteiger partial charge in [0.25, 0.3) is 6.43 Å². The third-order valence-electron chi connectivity index (χ3n) is 1.42. The van der Waals surface area contributed by atoms with Crippen molar-refractivity contribution >= 4 is 11.6 Å². The van der Waals surface area contributed by atoms with Crippen LogP contribution in [0.2, 0.25) is 0 Å². The van der Waals surface area contributed by atoms with E-state index in [1.807, 2.05) is 0 Å². The van der Waals surface area contributed by atoms with E-state index >= 15 is 0 Å². The number of alkyl halides is 3. The highest BCUT2D eigenvalue weighted by atomic mass is 35.5. The Labute approximate surface area is 77.0 Å². The number of nitrogens with zero attached hydrogens (tertiary/aromatic N) is 1. The molecule has 0 saturated heterocycles. The van der Waals surface area contributed by atoms with Gasteiger partial charge in [0.05, 0.1) is 11.4 Å². The average molecular weight is 212 g/mol. The van der Waals surface area contributed by atoms with Gasteiger partial charge in [-0.2, -0.15) is 4.39 Å². The van der Waals surface area contributed by atoms with E-state index in [1.54, 1.807) is 0 Å². The zero-order valence-corrected chi connectivity index (χ0v) is 7.02. The molecule has 1 N–H and O–H groups in total. The van der Waals surface area contributed by atoms with Gasteiger partial charge in [-0.25, -0.2) is 13.8 Å². The molecule has 0 radical (unpaired) electrons. The van der Waals surface area contributed by atoms with E-state index in [9.17, 15) is 13.2 Å². The van der Waals surface area contributed by atoms with E-state index in [-0.39, 0.29) is 11.6 Å². The van der Waals surface area contributed by atoms with Gasteiger partial charge in [0.1, 0.15) is 11.4 Å². The fourth-order valence-electron chi connectivity index (χ4n) is 0.782. The largest absolute Gasteiger partial charge is 0.506 e. The Hall–Kier alpha value is -0.970. The first-order chi connectivity index (χ1) is 6.06. The molecule has 2 nitrogen and oxygen atoms in total. The van der Waals surface area contributed by atoms with Gasteiger partial charge in [0, 0.05) is 0 Å². The standard InChI is InChI=1S/C7H5ClF3NO/c8-2-4-5(13)1-3(6(9)10)7(11)12-4/h1,6,13H,2H2. The van der Waals surface area contributed by atoms with E-state index in [0.717, 1.165) is 0 Å². The van der Waals surface area contributed by atoms with Gasteiger partial charge in [0.15, 0.2) is 0 Å². The molecule has 0 unspecified atom stereocenters. The first kappa shape index (κ1) is 10.1. The summed E-state index contributed by atoms with van der Waals surface area (Å²) in [6, 6.07) is 0.630. The summed E-state index contributed by atoms with van der Waals surface area (Å²) in [6.07, 6.45) is -3.00. The molecule has 72 valence electrons. The summed E-state index contributed by atoms with van der Waals surface area (Å²) in [5.74, 6) is -2.05. The minimum Gasteiger partial charge on any atom is -0.506 e. The number of aromatic nitrogens is 1. The molecular formula is C7H5ClF3NO. The van der Waals surface area contributed by atoms with Crippen LogP contribution in [0.25, 0.3) is 0 Å². The van der Waals surface area contributed by atoms with Gasteiger partial charge in [-0.15, -0.1) is 11.6 Å². The molecule has 0 atom stereocenters. The van der Waals surface area contributed by atoms with Crippen LogP contribution in [0, 0.1) is 5.95 Å². The van der Waals surface area contributed by atoms with Crippen LogP contribution >= 0.6 is 11.6 Å². The third kappa shape index (κ3) is 2.03. The lowest BCUT2D eigenvalue weighted by atomic mass is 10.2. The zero-order chi connectivity index (χ0) is 10.0. The fourth-order valence-corrected chi connectivity index (χ4v) is 0.979. The van der Waals surface area contributed by atoms with Crippen LogP contribution in [0.3, 0.4) is 0 Å². The predicted molar refractivity (Wildman–Crippen MR) is 40.4 cm³/mol. The molecule has 13 heavy (non-hydrogen) atoms. The number of aromatic hydroxyl groups is 1. The molecule has 0 saturated carbocycles. The predicted octanol–water partition coefficient (Wildman–Crippen LogP) is 2.60. The van der Waals surface area contributed by atoms with Crippen LogP contribution in [0.5, 0.6) is 5.75 Å².